The van der Waals surface area contributed by atoms with Crippen molar-refractivity contribution in [3.8, 4) is 0 Å². The number of nitrogens with one attached hydrogen (secondary N) is 2. The van der Waals surface area contributed by atoms with Crippen LogP contribution >= 0.6 is 12.2 Å². The van der Waals surface area contributed by atoms with Gasteiger partial charge in [0.25, 0.3) is 0 Å². The van der Waals surface area contributed by atoms with Gasteiger partial charge in [-0.2, -0.15) is 0 Å². The molecular formula is C23H31N3O2S. The number of hydrogen-bond donors (Lipinski definition) is 2. The zero-order valence-corrected chi connectivity index (χ0v) is 18.5. The van der Waals surface area contributed by atoms with Crippen LogP contribution in [0.5, 0.6) is 0 Å². The van der Waals surface area contributed by atoms with E-state index in [0.717, 1.165) is 31.0 Å². The molecule has 0 aliphatic rings. The maximum atomic E-state index is 12.2. The molecule has 0 saturated carbocycles. The van der Waals surface area contributed by atoms with Crippen LogP contribution < -0.4 is 10.6 Å². The van der Waals surface area contributed by atoms with Crippen LogP contribution in [0.1, 0.15) is 49.5 Å². The van der Waals surface area contributed by atoms with Crippen molar-refractivity contribution < 1.29 is 9.53 Å². The first-order valence-electron chi connectivity index (χ1n) is 10.1. The summed E-state index contributed by atoms with van der Waals surface area (Å²) in [4.78, 5) is 14.4. The molecule has 0 unspecified atom stereocenters. The SMILES string of the molecule is CCN(CC)CCOC(=O)c1ccc(NC(=S)Nc2ccc(C(C)C)cc2)cc1. The normalized spacial score (nSPS) is 10.8. The summed E-state index contributed by atoms with van der Waals surface area (Å²) in [5, 5.41) is 6.79. The van der Waals surface area contributed by atoms with Crippen molar-refractivity contribution in [1.29, 1.82) is 0 Å². The summed E-state index contributed by atoms with van der Waals surface area (Å²) in [7, 11) is 0. The number of thiocarbonyl (C=S) groups is 1. The first-order valence-corrected chi connectivity index (χ1v) is 10.5. The van der Waals surface area contributed by atoms with Crippen LogP contribution in [0.25, 0.3) is 0 Å². The highest BCUT2D eigenvalue weighted by atomic mass is 32.1. The predicted octanol–water partition coefficient (Wildman–Crippen LogP) is 5.12. The molecule has 0 amide bonds. The Balaban J connectivity index is 1.83. The minimum atomic E-state index is -0.311. The fourth-order valence-electron chi connectivity index (χ4n) is 2.83. The van der Waals surface area contributed by atoms with E-state index in [1.54, 1.807) is 12.1 Å². The second-order valence-electron chi connectivity index (χ2n) is 7.10. The smallest absolute Gasteiger partial charge is 0.338 e. The van der Waals surface area contributed by atoms with E-state index >= 15 is 0 Å². The summed E-state index contributed by atoms with van der Waals surface area (Å²) in [6, 6.07) is 15.3. The van der Waals surface area contributed by atoms with E-state index in [2.05, 4.69) is 55.4 Å². The lowest BCUT2D eigenvalue weighted by Gasteiger charge is -2.17. The van der Waals surface area contributed by atoms with Gasteiger partial charge in [-0.15, -0.1) is 0 Å². The molecule has 0 fully saturated rings. The van der Waals surface area contributed by atoms with E-state index < -0.39 is 0 Å². The van der Waals surface area contributed by atoms with E-state index in [1.165, 1.54) is 5.56 Å². The molecule has 29 heavy (non-hydrogen) atoms. The molecule has 0 spiro atoms. The third-order valence-corrected chi connectivity index (χ3v) is 4.95. The van der Waals surface area contributed by atoms with Crippen LogP contribution in [-0.2, 0) is 4.74 Å². The highest BCUT2D eigenvalue weighted by Gasteiger charge is 2.08. The molecule has 0 aliphatic carbocycles. The molecule has 0 heterocycles. The van der Waals surface area contributed by atoms with Gasteiger partial charge in [-0.05, 0) is 73.2 Å². The number of benzene rings is 2. The lowest BCUT2D eigenvalue weighted by atomic mass is 10.0. The monoisotopic (exact) mass is 413 g/mol. The summed E-state index contributed by atoms with van der Waals surface area (Å²) in [5.41, 5.74) is 3.55. The second-order valence-corrected chi connectivity index (χ2v) is 7.50. The number of carbonyl (C=O) groups excluding carboxylic acids is 1. The molecule has 0 radical (unpaired) electrons. The standard InChI is InChI=1S/C23H31N3O2S/c1-5-26(6-2)15-16-28-22(27)19-9-13-21(14-10-19)25-23(29)24-20-11-7-18(8-12-20)17(3)4/h7-14,17H,5-6,15-16H2,1-4H3,(H2,24,25,29). The van der Waals surface area contributed by atoms with Crippen LogP contribution in [0.4, 0.5) is 11.4 Å². The van der Waals surface area contributed by atoms with Gasteiger partial charge in [-0.25, -0.2) is 4.79 Å². The zero-order chi connectivity index (χ0) is 21.2. The Morgan fingerprint density at radius 2 is 1.48 bits per heavy atom. The van der Waals surface area contributed by atoms with Gasteiger partial charge in [0.05, 0.1) is 5.56 Å². The molecule has 5 nitrogen and oxygen atoms in total. The summed E-state index contributed by atoms with van der Waals surface area (Å²) in [6.45, 7) is 11.6. The minimum absolute atomic E-state index is 0.311. The number of esters is 1. The zero-order valence-electron chi connectivity index (χ0n) is 17.7. The van der Waals surface area contributed by atoms with Gasteiger partial charge in [0.15, 0.2) is 5.11 Å². The van der Waals surface area contributed by atoms with Gasteiger partial charge in [0, 0.05) is 17.9 Å². The van der Waals surface area contributed by atoms with E-state index in [0.29, 0.717) is 23.2 Å². The predicted molar refractivity (Wildman–Crippen MR) is 125 cm³/mol. The van der Waals surface area contributed by atoms with Gasteiger partial charge in [0.1, 0.15) is 6.61 Å². The average Bonchev–Trinajstić information content (AvgIpc) is 2.72. The number of ether oxygens (including phenoxy) is 1. The fourth-order valence-corrected chi connectivity index (χ4v) is 3.06. The number of likely N-dealkylation sites (N-methyl/N-ethyl adjacent to an activating group) is 1. The highest BCUT2D eigenvalue weighted by molar-refractivity contribution is 7.80. The molecule has 156 valence electrons. The molecule has 0 saturated heterocycles. The van der Waals surface area contributed by atoms with Crippen LogP contribution in [-0.4, -0.2) is 42.2 Å². The molecular weight excluding hydrogens is 382 g/mol. The van der Waals surface area contributed by atoms with Crippen molar-refractivity contribution in [1.82, 2.24) is 4.90 Å². The maximum Gasteiger partial charge on any atom is 0.338 e. The molecule has 0 aromatic heterocycles. The van der Waals surface area contributed by atoms with Gasteiger partial charge < -0.3 is 20.3 Å². The van der Waals surface area contributed by atoms with Gasteiger partial charge >= 0.3 is 5.97 Å². The Morgan fingerprint density at radius 3 is 1.97 bits per heavy atom. The molecule has 0 bridgehead atoms. The Bertz CT molecular complexity index is 785. The van der Waals surface area contributed by atoms with Crippen molar-refractivity contribution in [2.45, 2.75) is 33.6 Å². The lowest BCUT2D eigenvalue weighted by Crippen LogP contribution is -2.27. The van der Waals surface area contributed by atoms with E-state index in [9.17, 15) is 4.79 Å². The quantitative estimate of drug-likeness (QED) is 0.440. The van der Waals surface area contributed by atoms with Crippen LogP contribution in [0.15, 0.2) is 48.5 Å². The molecule has 0 aliphatic heterocycles. The van der Waals surface area contributed by atoms with Crippen LogP contribution in [0.3, 0.4) is 0 Å². The van der Waals surface area contributed by atoms with Crippen molar-refractivity contribution in [2.75, 3.05) is 36.9 Å². The number of carbonyl (C=O) groups is 1. The Morgan fingerprint density at radius 1 is 0.966 bits per heavy atom. The highest BCUT2D eigenvalue weighted by Crippen LogP contribution is 2.17. The Labute approximate surface area is 179 Å². The minimum Gasteiger partial charge on any atom is -0.461 e. The summed E-state index contributed by atoms with van der Waals surface area (Å²) >= 11 is 5.37. The van der Waals surface area contributed by atoms with Crippen molar-refractivity contribution in [3.05, 3.63) is 59.7 Å². The largest absolute Gasteiger partial charge is 0.461 e. The average molecular weight is 414 g/mol. The molecule has 2 aromatic rings. The third kappa shape index (κ3) is 7.48. The van der Waals surface area contributed by atoms with Gasteiger partial charge in [-0.3, -0.25) is 0 Å². The van der Waals surface area contributed by atoms with E-state index in [4.69, 9.17) is 17.0 Å². The number of nitrogens with zero attached hydrogens (tertiary/aromatic N) is 1. The van der Waals surface area contributed by atoms with Crippen molar-refractivity contribution >= 4 is 34.7 Å². The van der Waals surface area contributed by atoms with Crippen molar-refractivity contribution in [2.24, 2.45) is 0 Å². The molecule has 2 N–H and O–H groups in total. The topological polar surface area (TPSA) is 53.6 Å². The lowest BCUT2D eigenvalue weighted by molar-refractivity contribution is 0.0466. The summed E-state index contributed by atoms with van der Waals surface area (Å²) in [5.74, 6) is 0.186. The molecule has 6 heteroatoms. The van der Waals surface area contributed by atoms with Crippen molar-refractivity contribution in [3.63, 3.8) is 0 Å². The second kappa shape index (κ2) is 11.5. The summed E-state index contributed by atoms with van der Waals surface area (Å²) < 4.78 is 5.35. The number of rotatable bonds is 9. The first kappa shape index (κ1) is 22.8. The Kier molecular flexibility index (Phi) is 9.09. The number of anilines is 2. The molecule has 2 aromatic carbocycles. The molecule has 0 atom stereocenters. The van der Waals surface area contributed by atoms with Crippen LogP contribution in [0.2, 0.25) is 0 Å². The Hall–Kier alpha value is -2.44. The van der Waals surface area contributed by atoms with Crippen LogP contribution in [0, 0.1) is 0 Å². The first-order chi connectivity index (χ1) is 13.9. The number of hydrogen-bond acceptors (Lipinski definition) is 4. The summed E-state index contributed by atoms with van der Waals surface area (Å²) in [6.07, 6.45) is 0. The van der Waals surface area contributed by atoms with Gasteiger partial charge in [-0.1, -0.05) is 39.8 Å². The van der Waals surface area contributed by atoms with E-state index in [1.807, 2.05) is 24.3 Å². The van der Waals surface area contributed by atoms with E-state index in [-0.39, 0.29) is 5.97 Å². The van der Waals surface area contributed by atoms with Gasteiger partial charge in [0.2, 0.25) is 0 Å². The fraction of sp³-hybridized carbons (Fsp3) is 0.391. The maximum absolute atomic E-state index is 12.2. The third-order valence-electron chi connectivity index (χ3n) is 4.75. The molecule has 2 rings (SSSR count).